The quantitative estimate of drug-likeness (QED) is 0.830. The molecule has 2 rings (SSSR count). The Hall–Kier alpha value is -0.920. The molecule has 1 aliphatic rings. The summed E-state index contributed by atoms with van der Waals surface area (Å²) in [5, 5.41) is 3.40. The number of aromatic nitrogens is 2. The molecular weight excluding hydrogens is 264 g/mol. The molecule has 7 heteroatoms. The molecule has 2 heterocycles. The fraction of sp³-hybridized carbons (Fsp3) is 0.750. The van der Waals surface area contributed by atoms with E-state index in [4.69, 9.17) is 0 Å². The van der Waals surface area contributed by atoms with Gasteiger partial charge in [-0.05, 0) is 45.7 Å². The lowest BCUT2D eigenvalue weighted by Gasteiger charge is -2.28. The van der Waals surface area contributed by atoms with Crippen molar-refractivity contribution in [1.29, 1.82) is 0 Å². The van der Waals surface area contributed by atoms with Crippen molar-refractivity contribution in [2.24, 2.45) is 5.92 Å². The fourth-order valence-electron chi connectivity index (χ4n) is 2.36. The third-order valence-corrected chi connectivity index (χ3v) is 5.08. The summed E-state index contributed by atoms with van der Waals surface area (Å²) in [6, 6.07) is -0.0791. The number of nitrogens with one attached hydrogen (secondary N) is 2. The number of aryl methyl sites for hydroxylation is 1. The van der Waals surface area contributed by atoms with E-state index in [-0.39, 0.29) is 11.1 Å². The molecule has 1 saturated heterocycles. The minimum Gasteiger partial charge on any atom is -0.336 e. The summed E-state index contributed by atoms with van der Waals surface area (Å²) in [6.45, 7) is 6.47. The summed E-state index contributed by atoms with van der Waals surface area (Å²) in [5.74, 6) is 0.344. The molecule has 0 aliphatic carbocycles. The molecule has 108 valence electrons. The molecule has 2 atom stereocenters. The first kappa shape index (κ1) is 14.5. The van der Waals surface area contributed by atoms with E-state index in [9.17, 15) is 8.42 Å². The Morgan fingerprint density at radius 2 is 2.42 bits per heavy atom. The molecule has 0 amide bonds. The van der Waals surface area contributed by atoms with Gasteiger partial charge >= 0.3 is 0 Å². The maximum absolute atomic E-state index is 12.2. The number of piperidine rings is 1. The second-order valence-electron chi connectivity index (χ2n) is 5.06. The van der Waals surface area contributed by atoms with Crippen molar-refractivity contribution < 1.29 is 8.42 Å². The number of sulfonamides is 1. The lowest BCUT2D eigenvalue weighted by molar-refractivity contribution is 0.320. The highest BCUT2D eigenvalue weighted by molar-refractivity contribution is 7.89. The first-order chi connectivity index (χ1) is 9.03. The molecule has 1 aromatic heterocycles. The predicted octanol–water partition coefficient (Wildman–Crippen LogP) is 0.569. The van der Waals surface area contributed by atoms with Crippen LogP contribution in [0.25, 0.3) is 0 Å². The lowest BCUT2D eigenvalue weighted by atomic mass is 9.94. The largest absolute Gasteiger partial charge is 0.336 e. The van der Waals surface area contributed by atoms with Crippen molar-refractivity contribution in [3.8, 4) is 0 Å². The lowest BCUT2D eigenvalue weighted by Crippen LogP contribution is -2.44. The van der Waals surface area contributed by atoms with E-state index in [2.05, 4.69) is 15.0 Å². The molecule has 2 unspecified atom stereocenters. The molecule has 6 nitrogen and oxygen atoms in total. The minimum atomic E-state index is -3.51. The number of hydrogen-bond donors (Lipinski definition) is 2. The SMILES string of the molecule is CCn1cnc(S(=O)(=O)NC(C)C2CCCNC2)c1. The fourth-order valence-corrected chi connectivity index (χ4v) is 3.62. The van der Waals surface area contributed by atoms with E-state index >= 15 is 0 Å². The first-order valence-electron chi connectivity index (χ1n) is 6.77. The third kappa shape index (κ3) is 3.55. The Morgan fingerprint density at radius 1 is 1.63 bits per heavy atom. The molecule has 0 radical (unpaired) electrons. The smallest absolute Gasteiger partial charge is 0.259 e. The van der Waals surface area contributed by atoms with E-state index in [0.717, 1.165) is 25.9 Å². The highest BCUT2D eigenvalue weighted by Crippen LogP contribution is 2.16. The molecule has 0 spiro atoms. The van der Waals surface area contributed by atoms with E-state index in [0.29, 0.717) is 12.5 Å². The molecule has 1 fully saturated rings. The average Bonchev–Trinajstić information content (AvgIpc) is 2.89. The van der Waals surface area contributed by atoms with Crippen molar-refractivity contribution in [2.75, 3.05) is 13.1 Å². The van der Waals surface area contributed by atoms with Crippen LogP contribution in [0.1, 0.15) is 26.7 Å². The molecule has 1 aromatic rings. The van der Waals surface area contributed by atoms with Gasteiger partial charge in [0.1, 0.15) is 0 Å². The standard InChI is InChI=1S/C12H22N4O2S/c1-3-16-8-12(14-9-16)19(17,18)15-10(2)11-5-4-6-13-7-11/h8-11,13,15H,3-7H2,1-2H3. The van der Waals surface area contributed by atoms with Gasteiger partial charge in [-0.15, -0.1) is 0 Å². The predicted molar refractivity (Wildman–Crippen MR) is 73.3 cm³/mol. The molecule has 0 saturated carbocycles. The zero-order chi connectivity index (χ0) is 13.9. The van der Waals surface area contributed by atoms with Crippen molar-refractivity contribution >= 4 is 10.0 Å². The van der Waals surface area contributed by atoms with E-state index in [1.807, 2.05) is 13.8 Å². The van der Waals surface area contributed by atoms with Crippen LogP contribution in [0.3, 0.4) is 0 Å². The van der Waals surface area contributed by atoms with Gasteiger partial charge in [-0.1, -0.05) is 0 Å². The second-order valence-corrected chi connectivity index (χ2v) is 6.72. The molecule has 0 aromatic carbocycles. The topological polar surface area (TPSA) is 76.0 Å². The van der Waals surface area contributed by atoms with Gasteiger partial charge in [-0.25, -0.2) is 18.1 Å². The van der Waals surface area contributed by atoms with Crippen molar-refractivity contribution in [3.05, 3.63) is 12.5 Å². The van der Waals surface area contributed by atoms with Gasteiger partial charge in [0, 0.05) is 18.8 Å². The number of hydrogen-bond acceptors (Lipinski definition) is 4. The van der Waals surface area contributed by atoms with Crippen molar-refractivity contribution in [3.63, 3.8) is 0 Å². The van der Waals surface area contributed by atoms with Crippen LogP contribution in [-0.4, -0.2) is 37.1 Å². The zero-order valence-electron chi connectivity index (χ0n) is 11.5. The van der Waals surface area contributed by atoms with Gasteiger partial charge in [0.05, 0.1) is 6.33 Å². The van der Waals surface area contributed by atoms with E-state index in [1.165, 1.54) is 0 Å². The number of nitrogens with zero attached hydrogens (tertiary/aromatic N) is 2. The molecule has 0 bridgehead atoms. The van der Waals surface area contributed by atoms with Gasteiger partial charge in [0.25, 0.3) is 10.0 Å². The summed E-state index contributed by atoms with van der Waals surface area (Å²) in [4.78, 5) is 3.95. The summed E-state index contributed by atoms with van der Waals surface area (Å²) in [6.07, 6.45) is 5.26. The van der Waals surface area contributed by atoms with Crippen molar-refractivity contribution in [1.82, 2.24) is 19.6 Å². The second kappa shape index (κ2) is 6.02. The zero-order valence-corrected chi connectivity index (χ0v) is 12.3. The van der Waals surface area contributed by atoms with Crippen LogP contribution in [0.5, 0.6) is 0 Å². The third-order valence-electron chi connectivity index (χ3n) is 3.63. The highest BCUT2D eigenvalue weighted by Gasteiger charge is 2.26. The highest BCUT2D eigenvalue weighted by atomic mass is 32.2. The van der Waals surface area contributed by atoms with Crippen LogP contribution in [0.15, 0.2) is 17.6 Å². The minimum absolute atomic E-state index is 0.0791. The van der Waals surface area contributed by atoms with Gasteiger partial charge in [0.15, 0.2) is 5.03 Å². The van der Waals surface area contributed by atoms with Crippen LogP contribution in [0, 0.1) is 5.92 Å². The summed E-state index contributed by atoms with van der Waals surface area (Å²) < 4.78 is 28.9. The summed E-state index contributed by atoms with van der Waals surface area (Å²) in [7, 11) is -3.51. The number of rotatable bonds is 5. The number of imidazole rings is 1. The molecule has 2 N–H and O–H groups in total. The molecule has 1 aliphatic heterocycles. The van der Waals surface area contributed by atoms with E-state index < -0.39 is 10.0 Å². The molecule has 19 heavy (non-hydrogen) atoms. The first-order valence-corrected chi connectivity index (χ1v) is 8.26. The van der Waals surface area contributed by atoms with Crippen LogP contribution in [-0.2, 0) is 16.6 Å². The van der Waals surface area contributed by atoms with Crippen molar-refractivity contribution in [2.45, 2.75) is 44.3 Å². The maximum Gasteiger partial charge on any atom is 0.259 e. The van der Waals surface area contributed by atoms with Gasteiger partial charge in [-0.3, -0.25) is 0 Å². The summed E-state index contributed by atoms with van der Waals surface area (Å²) >= 11 is 0. The Labute approximate surface area is 114 Å². The maximum atomic E-state index is 12.2. The van der Waals surface area contributed by atoms with Gasteiger partial charge < -0.3 is 9.88 Å². The van der Waals surface area contributed by atoms with Gasteiger partial charge in [0.2, 0.25) is 0 Å². The Bertz CT molecular complexity index is 506. The van der Waals surface area contributed by atoms with E-state index in [1.54, 1.807) is 17.1 Å². The average molecular weight is 286 g/mol. The Morgan fingerprint density at radius 3 is 3.00 bits per heavy atom. The monoisotopic (exact) mass is 286 g/mol. The van der Waals surface area contributed by atoms with Gasteiger partial charge in [-0.2, -0.15) is 0 Å². The van der Waals surface area contributed by atoms with Crippen LogP contribution >= 0.6 is 0 Å². The van der Waals surface area contributed by atoms with Crippen LogP contribution < -0.4 is 10.0 Å². The van der Waals surface area contributed by atoms with Crippen LogP contribution in [0.4, 0.5) is 0 Å². The summed E-state index contributed by atoms with van der Waals surface area (Å²) in [5.41, 5.74) is 0. The Kier molecular flexibility index (Phi) is 4.59. The molecular formula is C12H22N4O2S. The Balaban J connectivity index is 2.03. The van der Waals surface area contributed by atoms with Crippen LogP contribution in [0.2, 0.25) is 0 Å². The normalized spacial score (nSPS) is 22.3.